The van der Waals surface area contributed by atoms with Crippen LogP contribution < -0.4 is 5.32 Å². The van der Waals surface area contributed by atoms with E-state index in [1.165, 1.54) is 0 Å². The summed E-state index contributed by atoms with van der Waals surface area (Å²) in [5.41, 5.74) is 2.80. The first kappa shape index (κ1) is 18.2. The first-order chi connectivity index (χ1) is 13.5. The van der Waals surface area contributed by atoms with E-state index in [1.54, 1.807) is 0 Å². The van der Waals surface area contributed by atoms with Crippen molar-refractivity contribution in [3.63, 3.8) is 0 Å². The number of hydrogen-bond acceptors (Lipinski definition) is 4. The fraction of sp³-hybridized carbons (Fsp3) is 0.318. The van der Waals surface area contributed by atoms with Crippen molar-refractivity contribution < 1.29 is 19.1 Å². The number of esters is 1. The summed E-state index contributed by atoms with van der Waals surface area (Å²) in [7, 11) is 0. The zero-order valence-electron chi connectivity index (χ0n) is 15.7. The summed E-state index contributed by atoms with van der Waals surface area (Å²) in [6, 6.07) is 14.7. The molecule has 6 heteroatoms. The molecule has 0 bridgehead atoms. The van der Waals surface area contributed by atoms with Crippen molar-refractivity contribution in [2.75, 3.05) is 6.54 Å². The number of fused-ring (bicyclic) bond motifs is 2. The van der Waals surface area contributed by atoms with Crippen LogP contribution in [0.25, 0.3) is 0 Å². The predicted molar refractivity (Wildman–Crippen MR) is 102 cm³/mol. The molecule has 0 unspecified atom stereocenters. The van der Waals surface area contributed by atoms with E-state index in [2.05, 4.69) is 5.32 Å². The van der Waals surface area contributed by atoms with Crippen molar-refractivity contribution in [2.45, 2.75) is 38.3 Å². The molecular formula is C22H22N2O4. The van der Waals surface area contributed by atoms with E-state index in [0.29, 0.717) is 6.42 Å². The number of nitrogens with one attached hydrogen (secondary N) is 1. The molecule has 0 radical (unpaired) electrons. The van der Waals surface area contributed by atoms with Gasteiger partial charge in [-0.2, -0.15) is 0 Å². The summed E-state index contributed by atoms with van der Waals surface area (Å²) in [5, 5.41) is 2.84. The fourth-order valence-electron chi connectivity index (χ4n) is 3.98. The van der Waals surface area contributed by atoms with E-state index in [9.17, 15) is 14.4 Å². The molecule has 4 rings (SSSR count). The number of carbonyl (C=O) groups is 3. The molecule has 0 saturated carbocycles. The van der Waals surface area contributed by atoms with Crippen LogP contribution in [0.5, 0.6) is 0 Å². The number of nitrogens with zero attached hydrogens (tertiary/aromatic N) is 1. The molecule has 2 aromatic carbocycles. The SMILES string of the molecule is Cc1ccc(COC(=O)CN2C(=O)N[C@]3(CCCc4ccccc43)C2=O)cc1. The van der Waals surface area contributed by atoms with Gasteiger partial charge in [0.2, 0.25) is 0 Å². The van der Waals surface area contributed by atoms with Gasteiger partial charge in [0.15, 0.2) is 0 Å². The molecule has 1 atom stereocenters. The molecule has 1 aliphatic heterocycles. The summed E-state index contributed by atoms with van der Waals surface area (Å²) in [6.07, 6.45) is 2.21. The quantitative estimate of drug-likeness (QED) is 0.656. The van der Waals surface area contributed by atoms with Crippen LogP contribution in [0.3, 0.4) is 0 Å². The predicted octanol–water partition coefficient (Wildman–Crippen LogP) is 2.82. The van der Waals surface area contributed by atoms with Gasteiger partial charge in [-0.3, -0.25) is 14.5 Å². The van der Waals surface area contributed by atoms with Crippen molar-refractivity contribution in [3.05, 3.63) is 70.8 Å². The lowest BCUT2D eigenvalue weighted by molar-refractivity contribution is -0.149. The van der Waals surface area contributed by atoms with Gasteiger partial charge in [0.25, 0.3) is 5.91 Å². The van der Waals surface area contributed by atoms with Crippen LogP contribution >= 0.6 is 0 Å². The van der Waals surface area contributed by atoms with Gasteiger partial charge >= 0.3 is 12.0 Å². The lowest BCUT2D eigenvalue weighted by Gasteiger charge is -2.33. The summed E-state index contributed by atoms with van der Waals surface area (Å²) in [5.74, 6) is -0.984. The number of benzene rings is 2. The highest BCUT2D eigenvalue weighted by Crippen LogP contribution is 2.39. The number of imide groups is 1. The summed E-state index contributed by atoms with van der Waals surface area (Å²) in [6.45, 7) is 1.70. The van der Waals surface area contributed by atoms with Gasteiger partial charge in [0, 0.05) is 0 Å². The van der Waals surface area contributed by atoms with E-state index in [4.69, 9.17) is 4.74 Å². The lowest BCUT2D eigenvalue weighted by Crippen LogP contribution is -2.46. The van der Waals surface area contributed by atoms with Crippen LogP contribution in [0.15, 0.2) is 48.5 Å². The first-order valence-corrected chi connectivity index (χ1v) is 9.43. The Kier molecular flexibility index (Phi) is 4.63. The Morgan fingerprint density at radius 3 is 2.68 bits per heavy atom. The smallest absolute Gasteiger partial charge is 0.326 e. The standard InChI is InChI=1S/C22H22N2O4/c1-15-8-10-16(11-9-15)14-28-19(25)13-24-20(26)22(23-21(24)27)12-4-6-17-5-2-3-7-18(17)22/h2-3,5,7-11H,4,6,12-14H2,1H3,(H,23,27)/t22-/m0/s1. The summed E-state index contributed by atoms with van der Waals surface area (Å²) >= 11 is 0. The molecular weight excluding hydrogens is 356 g/mol. The second-order valence-electron chi connectivity index (χ2n) is 7.38. The third-order valence-corrected chi connectivity index (χ3v) is 5.46. The Morgan fingerprint density at radius 2 is 1.89 bits per heavy atom. The molecule has 1 N–H and O–H groups in total. The third kappa shape index (κ3) is 3.15. The van der Waals surface area contributed by atoms with E-state index >= 15 is 0 Å². The maximum atomic E-state index is 13.1. The highest BCUT2D eigenvalue weighted by Gasteiger charge is 2.54. The van der Waals surface area contributed by atoms with Gasteiger partial charge in [0.1, 0.15) is 18.7 Å². The van der Waals surface area contributed by atoms with Gasteiger partial charge < -0.3 is 10.1 Å². The van der Waals surface area contributed by atoms with Crippen LogP contribution in [0, 0.1) is 6.92 Å². The molecule has 1 spiro atoms. The molecule has 28 heavy (non-hydrogen) atoms. The monoisotopic (exact) mass is 378 g/mol. The largest absolute Gasteiger partial charge is 0.459 e. The van der Waals surface area contributed by atoms with Crippen molar-refractivity contribution in [1.82, 2.24) is 10.2 Å². The summed E-state index contributed by atoms with van der Waals surface area (Å²) < 4.78 is 5.26. The number of rotatable bonds is 4. The second kappa shape index (κ2) is 7.11. The molecule has 2 aliphatic rings. The van der Waals surface area contributed by atoms with Gasteiger partial charge in [-0.05, 0) is 42.9 Å². The maximum Gasteiger partial charge on any atom is 0.326 e. The molecule has 144 valence electrons. The minimum Gasteiger partial charge on any atom is -0.459 e. The van der Waals surface area contributed by atoms with Crippen LogP contribution in [0.1, 0.15) is 35.1 Å². The second-order valence-corrected chi connectivity index (χ2v) is 7.38. The van der Waals surface area contributed by atoms with Gasteiger partial charge in [-0.1, -0.05) is 54.1 Å². The van der Waals surface area contributed by atoms with Crippen LogP contribution in [0.2, 0.25) is 0 Å². The number of carbonyl (C=O) groups excluding carboxylic acids is 3. The van der Waals surface area contributed by atoms with Crippen LogP contribution in [-0.4, -0.2) is 29.4 Å². The normalized spacial score (nSPS) is 20.8. The lowest BCUT2D eigenvalue weighted by atomic mass is 9.76. The molecule has 2 aromatic rings. The fourth-order valence-corrected chi connectivity index (χ4v) is 3.98. The Hall–Kier alpha value is -3.15. The van der Waals surface area contributed by atoms with Crippen LogP contribution in [-0.2, 0) is 32.9 Å². The summed E-state index contributed by atoms with van der Waals surface area (Å²) in [4.78, 5) is 38.9. The van der Waals surface area contributed by atoms with Crippen molar-refractivity contribution in [2.24, 2.45) is 0 Å². The van der Waals surface area contributed by atoms with Gasteiger partial charge in [-0.25, -0.2) is 4.79 Å². The topological polar surface area (TPSA) is 75.7 Å². The third-order valence-electron chi connectivity index (χ3n) is 5.46. The minimum atomic E-state index is -1.07. The zero-order valence-corrected chi connectivity index (χ0v) is 15.7. The van der Waals surface area contributed by atoms with E-state index in [-0.39, 0.29) is 19.1 Å². The van der Waals surface area contributed by atoms with Crippen molar-refractivity contribution in [1.29, 1.82) is 0 Å². The molecule has 1 heterocycles. The Labute approximate surface area is 163 Å². The highest BCUT2D eigenvalue weighted by atomic mass is 16.5. The number of urea groups is 1. The van der Waals surface area contributed by atoms with Gasteiger partial charge in [-0.15, -0.1) is 0 Å². The number of amides is 3. The van der Waals surface area contributed by atoms with E-state index in [0.717, 1.165) is 40.0 Å². The van der Waals surface area contributed by atoms with Crippen molar-refractivity contribution >= 4 is 17.9 Å². The highest BCUT2D eigenvalue weighted by molar-refractivity contribution is 6.09. The minimum absolute atomic E-state index is 0.108. The number of ether oxygens (including phenoxy) is 1. The maximum absolute atomic E-state index is 13.1. The molecule has 1 aliphatic carbocycles. The Bertz CT molecular complexity index is 938. The van der Waals surface area contributed by atoms with Crippen LogP contribution in [0.4, 0.5) is 4.79 Å². The molecule has 6 nitrogen and oxygen atoms in total. The van der Waals surface area contributed by atoms with E-state index < -0.39 is 17.5 Å². The molecule has 3 amide bonds. The first-order valence-electron chi connectivity index (χ1n) is 9.43. The van der Waals surface area contributed by atoms with E-state index in [1.807, 2.05) is 55.5 Å². The number of aryl methyl sites for hydroxylation is 2. The molecule has 0 aromatic heterocycles. The van der Waals surface area contributed by atoms with Gasteiger partial charge in [0.05, 0.1) is 0 Å². The molecule has 1 saturated heterocycles. The zero-order chi connectivity index (χ0) is 19.7. The van der Waals surface area contributed by atoms with Crippen molar-refractivity contribution in [3.8, 4) is 0 Å². The Morgan fingerprint density at radius 1 is 1.14 bits per heavy atom. The Balaban J connectivity index is 1.46. The molecule has 1 fully saturated rings. The number of hydrogen-bond donors (Lipinski definition) is 1. The average molecular weight is 378 g/mol. The average Bonchev–Trinajstić information content (AvgIpc) is 2.93.